The molecule has 1 aromatic heterocycles. The van der Waals surface area contributed by atoms with Crippen LogP contribution in [0.15, 0.2) is 52.5 Å². The lowest BCUT2D eigenvalue weighted by Crippen LogP contribution is -2.50. The fourth-order valence-electron chi connectivity index (χ4n) is 2.83. The Labute approximate surface area is 194 Å². The number of alkyl halides is 7. The number of aromatic nitrogens is 1. The standard InChI is InChI=1S/C19H11F7N2O4S2/c20-17(21,18(22,23)24)19(25,26)34-11-6-2-1-5-10(11)28-13(29)8-12(15(28)30)33-14-9(16(31)32)4-3-7-27-14/h1-7,12H,8H2,(H,31,32)/t12-/m0/s1. The zero-order chi connectivity index (χ0) is 25.5. The number of anilines is 1. The van der Waals surface area contributed by atoms with Gasteiger partial charge in [-0.2, -0.15) is 30.7 Å². The van der Waals surface area contributed by atoms with Crippen molar-refractivity contribution in [3.63, 3.8) is 0 Å². The van der Waals surface area contributed by atoms with Gasteiger partial charge in [-0.3, -0.25) is 9.59 Å². The minimum Gasteiger partial charge on any atom is -0.478 e. The van der Waals surface area contributed by atoms with Gasteiger partial charge in [-0.05, 0) is 36.0 Å². The Balaban J connectivity index is 1.92. The number of thioether (sulfide) groups is 2. The largest absolute Gasteiger partial charge is 0.478 e. The van der Waals surface area contributed by atoms with Crippen LogP contribution >= 0.6 is 23.5 Å². The first-order valence-electron chi connectivity index (χ1n) is 8.99. The van der Waals surface area contributed by atoms with Gasteiger partial charge in [0.15, 0.2) is 0 Å². The summed E-state index contributed by atoms with van der Waals surface area (Å²) in [7, 11) is 0. The molecule has 2 heterocycles. The predicted molar refractivity (Wildman–Crippen MR) is 106 cm³/mol. The second-order valence-corrected chi connectivity index (χ2v) is 9.05. The van der Waals surface area contributed by atoms with Crippen LogP contribution in [0.4, 0.5) is 36.4 Å². The fraction of sp³-hybridized carbons (Fsp3) is 0.263. The highest BCUT2D eigenvalue weighted by Gasteiger charge is 2.73. The second-order valence-electron chi connectivity index (χ2n) is 6.70. The van der Waals surface area contributed by atoms with Gasteiger partial charge in [-0.1, -0.05) is 23.9 Å². The maximum atomic E-state index is 14.0. The average Bonchev–Trinajstić information content (AvgIpc) is 3.00. The summed E-state index contributed by atoms with van der Waals surface area (Å²) in [5, 5.41) is 2.21. The van der Waals surface area contributed by atoms with Crippen molar-refractivity contribution in [2.24, 2.45) is 0 Å². The van der Waals surface area contributed by atoms with Crippen molar-refractivity contribution in [2.75, 3.05) is 4.90 Å². The number of carbonyl (C=O) groups is 3. The molecule has 0 radical (unpaired) electrons. The number of benzene rings is 1. The van der Waals surface area contributed by atoms with Gasteiger partial charge in [0.05, 0.1) is 16.5 Å². The first-order chi connectivity index (χ1) is 15.7. The van der Waals surface area contributed by atoms with E-state index in [0.29, 0.717) is 16.7 Å². The van der Waals surface area contributed by atoms with Crippen LogP contribution in [0.25, 0.3) is 0 Å². The zero-order valence-corrected chi connectivity index (χ0v) is 18.0. The topological polar surface area (TPSA) is 87.6 Å². The van der Waals surface area contributed by atoms with E-state index in [9.17, 15) is 50.2 Å². The van der Waals surface area contributed by atoms with Crippen molar-refractivity contribution in [1.82, 2.24) is 4.98 Å². The van der Waals surface area contributed by atoms with Gasteiger partial charge in [0.2, 0.25) is 11.8 Å². The van der Waals surface area contributed by atoms with E-state index in [2.05, 4.69) is 4.98 Å². The molecule has 3 rings (SSSR count). The van der Waals surface area contributed by atoms with Crippen LogP contribution in [0.2, 0.25) is 0 Å². The number of amides is 2. The number of aromatic carboxylic acids is 1. The molecule has 1 aliphatic heterocycles. The summed E-state index contributed by atoms with van der Waals surface area (Å²) in [6.07, 6.45) is -5.83. The molecule has 1 N–H and O–H groups in total. The third kappa shape index (κ3) is 4.71. The predicted octanol–water partition coefficient (Wildman–Crippen LogP) is 5.09. The summed E-state index contributed by atoms with van der Waals surface area (Å²) in [6, 6.07) is 6.45. The SMILES string of the molecule is O=C(O)c1cccnc1S[C@H]1CC(=O)N(c2ccccc2SC(F)(F)C(F)(F)C(F)(F)F)C1=O. The van der Waals surface area contributed by atoms with Gasteiger partial charge in [-0.15, -0.1) is 0 Å². The van der Waals surface area contributed by atoms with Crippen molar-refractivity contribution in [3.05, 3.63) is 48.2 Å². The van der Waals surface area contributed by atoms with E-state index in [1.54, 1.807) is 0 Å². The van der Waals surface area contributed by atoms with E-state index in [0.717, 1.165) is 18.2 Å². The summed E-state index contributed by atoms with van der Waals surface area (Å²) in [5.74, 6) is -9.72. The molecule has 15 heteroatoms. The number of halogens is 7. The summed E-state index contributed by atoms with van der Waals surface area (Å²) < 4.78 is 92.1. The van der Waals surface area contributed by atoms with Gasteiger partial charge >= 0.3 is 23.3 Å². The van der Waals surface area contributed by atoms with E-state index in [4.69, 9.17) is 0 Å². The van der Waals surface area contributed by atoms with Crippen LogP contribution in [0.5, 0.6) is 0 Å². The Kier molecular flexibility index (Phi) is 6.90. The number of carbonyl (C=O) groups excluding carboxylic acids is 2. The second kappa shape index (κ2) is 9.09. The highest BCUT2D eigenvalue weighted by atomic mass is 32.2. The molecule has 182 valence electrons. The lowest BCUT2D eigenvalue weighted by atomic mass is 10.3. The molecule has 2 amide bonds. The molecule has 0 spiro atoms. The van der Waals surface area contributed by atoms with Crippen molar-refractivity contribution in [2.45, 2.75) is 38.9 Å². The van der Waals surface area contributed by atoms with Gasteiger partial charge in [-0.25, -0.2) is 14.7 Å². The molecule has 0 aliphatic carbocycles. The normalized spacial score (nSPS) is 17.4. The molecule has 1 aliphatic rings. The molecule has 34 heavy (non-hydrogen) atoms. The van der Waals surface area contributed by atoms with Gasteiger partial charge in [0.1, 0.15) is 5.03 Å². The number of hydrogen-bond donors (Lipinski definition) is 1. The minimum absolute atomic E-state index is 0.109. The number of hydrogen-bond acceptors (Lipinski definition) is 6. The molecule has 1 atom stereocenters. The first-order valence-corrected chi connectivity index (χ1v) is 10.7. The smallest absolute Gasteiger partial charge is 0.460 e. The number of carboxylic acids is 1. The molecule has 1 fully saturated rings. The molecule has 6 nitrogen and oxygen atoms in total. The van der Waals surface area contributed by atoms with Gasteiger partial charge in [0.25, 0.3) is 0 Å². The molecule has 1 saturated heterocycles. The zero-order valence-electron chi connectivity index (χ0n) is 16.4. The van der Waals surface area contributed by atoms with E-state index in [1.165, 1.54) is 24.4 Å². The highest BCUT2D eigenvalue weighted by Crippen LogP contribution is 2.55. The molecular weight excluding hydrogens is 517 g/mol. The maximum absolute atomic E-state index is 14.0. The lowest BCUT2D eigenvalue weighted by molar-refractivity contribution is -0.330. The lowest BCUT2D eigenvalue weighted by Gasteiger charge is -2.28. The average molecular weight is 528 g/mol. The summed E-state index contributed by atoms with van der Waals surface area (Å²) in [6.45, 7) is 0. The van der Waals surface area contributed by atoms with Crippen molar-refractivity contribution >= 4 is 47.0 Å². The van der Waals surface area contributed by atoms with Crippen LogP contribution in [0, 0.1) is 0 Å². The van der Waals surface area contributed by atoms with E-state index in [-0.39, 0.29) is 10.6 Å². The number of para-hydroxylation sites is 1. The van der Waals surface area contributed by atoms with Crippen molar-refractivity contribution in [1.29, 1.82) is 0 Å². The quantitative estimate of drug-likeness (QED) is 0.305. The van der Waals surface area contributed by atoms with Gasteiger partial charge < -0.3 is 5.11 Å². The van der Waals surface area contributed by atoms with Crippen LogP contribution < -0.4 is 4.90 Å². The molecule has 0 unspecified atom stereocenters. The van der Waals surface area contributed by atoms with Gasteiger partial charge in [0, 0.05) is 17.5 Å². The number of pyridine rings is 1. The Bertz CT molecular complexity index is 1140. The van der Waals surface area contributed by atoms with E-state index in [1.807, 2.05) is 0 Å². The number of rotatable bonds is 7. The van der Waals surface area contributed by atoms with Crippen LogP contribution in [0.3, 0.4) is 0 Å². The molecule has 0 bridgehead atoms. The maximum Gasteiger partial charge on any atom is 0.460 e. The Morgan fingerprint density at radius 1 is 1.03 bits per heavy atom. The molecular formula is C19H11F7N2O4S2. The molecule has 2 aromatic rings. The Hall–Kier alpha value is -2.81. The number of nitrogens with zero attached hydrogens (tertiary/aromatic N) is 2. The summed E-state index contributed by atoms with van der Waals surface area (Å²) in [5.41, 5.74) is -0.876. The molecule has 0 saturated carbocycles. The third-order valence-corrected chi connectivity index (χ3v) is 6.71. The van der Waals surface area contributed by atoms with Crippen molar-refractivity contribution in [3.8, 4) is 0 Å². The van der Waals surface area contributed by atoms with E-state index < -0.39 is 69.2 Å². The highest BCUT2D eigenvalue weighted by molar-refractivity contribution is 8.01. The third-order valence-electron chi connectivity index (χ3n) is 4.43. The van der Waals surface area contributed by atoms with Crippen LogP contribution in [0.1, 0.15) is 16.8 Å². The van der Waals surface area contributed by atoms with Crippen LogP contribution in [-0.2, 0) is 9.59 Å². The Morgan fingerprint density at radius 3 is 2.29 bits per heavy atom. The summed E-state index contributed by atoms with van der Waals surface area (Å²) in [4.78, 5) is 40.1. The summed E-state index contributed by atoms with van der Waals surface area (Å²) >= 11 is -0.522. The Morgan fingerprint density at radius 2 is 1.68 bits per heavy atom. The number of carboxylic acid groups (broad SMARTS) is 1. The van der Waals surface area contributed by atoms with E-state index >= 15 is 0 Å². The first kappa shape index (κ1) is 25.8. The van der Waals surface area contributed by atoms with Crippen molar-refractivity contribution < 1.29 is 50.2 Å². The fourth-order valence-corrected chi connectivity index (χ4v) is 4.86. The van der Waals surface area contributed by atoms with Crippen LogP contribution in [-0.4, -0.2) is 50.5 Å². The molecule has 1 aromatic carbocycles. The number of imide groups is 1. The monoisotopic (exact) mass is 528 g/mol. The minimum atomic E-state index is -6.55.